The molecule has 0 spiro atoms. The quantitative estimate of drug-likeness (QED) is 0.900. The van der Waals surface area contributed by atoms with E-state index in [0.717, 1.165) is 0 Å². The summed E-state index contributed by atoms with van der Waals surface area (Å²) in [6.45, 7) is -2.90. The summed E-state index contributed by atoms with van der Waals surface area (Å²) in [5, 5.41) is 2.85. The van der Waals surface area contributed by atoms with Crippen molar-refractivity contribution in [1.29, 1.82) is 0 Å². The van der Waals surface area contributed by atoms with Gasteiger partial charge < -0.3 is 15.8 Å². The maximum absolute atomic E-state index is 12.3. The normalized spacial score (nSPS) is 10.5. The van der Waals surface area contributed by atoms with Gasteiger partial charge in [-0.25, -0.2) is 4.98 Å². The molecule has 1 aromatic heterocycles. The van der Waals surface area contributed by atoms with Crippen LogP contribution in [0.4, 0.5) is 26.2 Å². The topological polar surface area (TPSA) is 73.1 Å². The van der Waals surface area contributed by atoms with E-state index in [1.165, 1.54) is 12.3 Å². The average Bonchev–Trinajstić information content (AvgIpc) is 2.35. The number of nitrogen functional groups attached to an aromatic ring is 1. The molecule has 0 saturated carbocycles. The van der Waals surface area contributed by atoms with E-state index >= 15 is 0 Å². The van der Waals surface area contributed by atoms with Gasteiger partial charge >= 0.3 is 6.61 Å². The third-order valence-corrected chi connectivity index (χ3v) is 2.70. The Morgan fingerprint density at radius 1 is 1.32 bits per heavy atom. The number of nitrogens with one attached hydrogen (secondary N) is 1. The van der Waals surface area contributed by atoms with Gasteiger partial charge in [-0.2, -0.15) is 13.8 Å². The van der Waals surface area contributed by atoms with E-state index in [1.807, 2.05) is 0 Å². The van der Waals surface area contributed by atoms with Crippen molar-refractivity contribution in [2.75, 3.05) is 11.1 Å². The van der Waals surface area contributed by atoms with Crippen molar-refractivity contribution < 1.29 is 13.5 Å². The Balaban J connectivity index is 2.30. The molecule has 8 heteroatoms. The number of nitrogens with two attached hydrogens (primary N) is 1. The molecule has 0 unspecified atom stereocenters. The van der Waals surface area contributed by atoms with Crippen molar-refractivity contribution in [3.63, 3.8) is 0 Å². The van der Waals surface area contributed by atoms with Crippen LogP contribution in [0.3, 0.4) is 0 Å². The fourth-order valence-corrected chi connectivity index (χ4v) is 1.65. The van der Waals surface area contributed by atoms with Gasteiger partial charge in [0, 0.05) is 6.20 Å². The van der Waals surface area contributed by atoms with E-state index in [9.17, 15) is 8.78 Å². The van der Waals surface area contributed by atoms with Crippen LogP contribution in [-0.4, -0.2) is 16.6 Å². The van der Waals surface area contributed by atoms with Gasteiger partial charge in [0.05, 0.1) is 10.2 Å². The zero-order valence-corrected chi connectivity index (χ0v) is 11.1. The Kier molecular flexibility index (Phi) is 4.10. The average molecular weight is 331 g/mol. The molecule has 0 saturated heterocycles. The monoisotopic (exact) mass is 330 g/mol. The molecule has 0 aliphatic rings. The predicted octanol–water partition coefficient (Wildman–Crippen LogP) is 3.17. The molecule has 5 nitrogen and oxygen atoms in total. The standard InChI is InChI=1S/C11H9BrF2N4O/c12-6-5-16-11(15)18-9(6)17-7-3-1-2-4-8(7)19-10(13)14/h1-5,10H,(H3,15,16,17,18). The van der Waals surface area contributed by atoms with Crippen LogP contribution < -0.4 is 15.8 Å². The summed E-state index contributed by atoms with van der Waals surface area (Å²) in [5.74, 6) is 0.442. The smallest absolute Gasteiger partial charge is 0.387 e. The number of ether oxygens (including phenoxy) is 1. The highest BCUT2D eigenvalue weighted by Gasteiger charge is 2.11. The number of benzene rings is 1. The van der Waals surface area contributed by atoms with Gasteiger partial charge in [0.15, 0.2) is 0 Å². The van der Waals surface area contributed by atoms with Crippen LogP contribution in [-0.2, 0) is 0 Å². The molecule has 2 aromatic rings. The molecule has 0 bridgehead atoms. The van der Waals surface area contributed by atoms with Crippen LogP contribution in [0.1, 0.15) is 0 Å². The molecule has 0 fully saturated rings. The van der Waals surface area contributed by atoms with Gasteiger partial charge in [0.25, 0.3) is 0 Å². The second-order valence-corrected chi connectivity index (χ2v) is 4.28. The minimum absolute atomic E-state index is 0.0154. The third-order valence-electron chi connectivity index (χ3n) is 2.12. The molecular formula is C11H9BrF2N4O. The molecule has 1 aromatic carbocycles. The van der Waals surface area contributed by atoms with E-state index in [4.69, 9.17) is 5.73 Å². The lowest BCUT2D eigenvalue weighted by molar-refractivity contribution is -0.0493. The fourth-order valence-electron chi connectivity index (χ4n) is 1.36. The molecule has 0 aliphatic heterocycles. The van der Waals surface area contributed by atoms with Gasteiger partial charge in [-0.1, -0.05) is 12.1 Å². The molecule has 19 heavy (non-hydrogen) atoms. The summed E-state index contributed by atoms with van der Waals surface area (Å²) in [5.41, 5.74) is 5.81. The van der Waals surface area contributed by atoms with Crippen LogP contribution in [0.5, 0.6) is 5.75 Å². The van der Waals surface area contributed by atoms with Crippen molar-refractivity contribution in [3.8, 4) is 5.75 Å². The molecule has 1 heterocycles. The molecular weight excluding hydrogens is 322 g/mol. The number of hydrogen-bond donors (Lipinski definition) is 2. The van der Waals surface area contributed by atoms with E-state index in [2.05, 4.69) is 36.0 Å². The van der Waals surface area contributed by atoms with Crippen LogP contribution in [0.25, 0.3) is 0 Å². The first kappa shape index (κ1) is 13.5. The second-order valence-electron chi connectivity index (χ2n) is 3.42. The predicted molar refractivity (Wildman–Crippen MR) is 70.5 cm³/mol. The lowest BCUT2D eigenvalue weighted by Crippen LogP contribution is -2.06. The number of rotatable bonds is 4. The zero-order chi connectivity index (χ0) is 13.8. The first-order valence-corrected chi connectivity index (χ1v) is 5.94. The van der Waals surface area contributed by atoms with E-state index in [0.29, 0.717) is 16.0 Å². The van der Waals surface area contributed by atoms with Gasteiger partial charge in [-0.15, -0.1) is 0 Å². The SMILES string of the molecule is Nc1ncc(Br)c(Nc2ccccc2OC(F)F)n1. The number of aromatic nitrogens is 2. The fraction of sp³-hybridized carbons (Fsp3) is 0.0909. The lowest BCUT2D eigenvalue weighted by atomic mass is 10.3. The Labute approximate surface area is 115 Å². The number of alkyl halides is 2. The molecule has 100 valence electrons. The van der Waals surface area contributed by atoms with Crippen molar-refractivity contribution in [2.45, 2.75) is 6.61 Å². The number of para-hydroxylation sites is 2. The van der Waals surface area contributed by atoms with Gasteiger partial charge in [0.1, 0.15) is 11.6 Å². The van der Waals surface area contributed by atoms with Crippen molar-refractivity contribution >= 4 is 33.4 Å². The van der Waals surface area contributed by atoms with Crippen molar-refractivity contribution in [3.05, 3.63) is 34.9 Å². The minimum Gasteiger partial charge on any atom is -0.433 e. The van der Waals surface area contributed by atoms with Gasteiger partial charge in [-0.05, 0) is 28.1 Å². The Morgan fingerprint density at radius 2 is 2.05 bits per heavy atom. The van der Waals surface area contributed by atoms with Crippen LogP contribution in [0.15, 0.2) is 34.9 Å². The van der Waals surface area contributed by atoms with Crippen molar-refractivity contribution in [2.24, 2.45) is 0 Å². The molecule has 0 amide bonds. The largest absolute Gasteiger partial charge is 0.433 e. The molecule has 0 radical (unpaired) electrons. The summed E-state index contributed by atoms with van der Waals surface area (Å²) >= 11 is 3.23. The van der Waals surface area contributed by atoms with E-state index < -0.39 is 6.61 Å². The summed E-state index contributed by atoms with van der Waals surface area (Å²) in [6, 6.07) is 6.28. The number of hydrogen-bond acceptors (Lipinski definition) is 5. The summed E-state index contributed by atoms with van der Waals surface area (Å²) in [6.07, 6.45) is 1.46. The Morgan fingerprint density at radius 3 is 2.79 bits per heavy atom. The Hall–Kier alpha value is -1.96. The molecule has 2 rings (SSSR count). The Bertz CT molecular complexity index is 582. The highest BCUT2D eigenvalue weighted by atomic mass is 79.9. The van der Waals surface area contributed by atoms with Crippen molar-refractivity contribution in [1.82, 2.24) is 9.97 Å². The van der Waals surface area contributed by atoms with Crippen LogP contribution in [0, 0.1) is 0 Å². The molecule has 0 atom stereocenters. The zero-order valence-electron chi connectivity index (χ0n) is 9.48. The summed E-state index contributed by atoms with van der Waals surface area (Å²) < 4.78 is 29.5. The first-order chi connectivity index (χ1) is 9.06. The summed E-state index contributed by atoms with van der Waals surface area (Å²) in [4.78, 5) is 7.73. The van der Waals surface area contributed by atoms with E-state index in [1.54, 1.807) is 18.2 Å². The molecule has 3 N–H and O–H groups in total. The highest BCUT2D eigenvalue weighted by Crippen LogP contribution is 2.30. The third kappa shape index (κ3) is 3.50. The highest BCUT2D eigenvalue weighted by molar-refractivity contribution is 9.10. The minimum atomic E-state index is -2.90. The van der Waals surface area contributed by atoms with Gasteiger partial charge in [-0.3, -0.25) is 0 Å². The molecule has 0 aliphatic carbocycles. The number of nitrogens with zero attached hydrogens (tertiary/aromatic N) is 2. The summed E-state index contributed by atoms with van der Waals surface area (Å²) in [7, 11) is 0. The van der Waals surface area contributed by atoms with E-state index in [-0.39, 0.29) is 11.7 Å². The number of anilines is 3. The maximum atomic E-state index is 12.3. The van der Waals surface area contributed by atoms with Crippen LogP contribution >= 0.6 is 15.9 Å². The first-order valence-electron chi connectivity index (χ1n) is 5.15. The number of halogens is 3. The second kappa shape index (κ2) is 5.79. The maximum Gasteiger partial charge on any atom is 0.387 e. The van der Waals surface area contributed by atoms with Crippen LogP contribution in [0.2, 0.25) is 0 Å². The lowest BCUT2D eigenvalue weighted by Gasteiger charge is -2.12. The van der Waals surface area contributed by atoms with Gasteiger partial charge in [0.2, 0.25) is 5.95 Å².